The van der Waals surface area contributed by atoms with Crippen molar-refractivity contribution in [3.05, 3.63) is 168 Å². The van der Waals surface area contributed by atoms with Gasteiger partial charge in [-0.3, -0.25) is 13.9 Å². The van der Waals surface area contributed by atoms with E-state index in [1.165, 1.54) is 36.3 Å². The van der Waals surface area contributed by atoms with Gasteiger partial charge in [0, 0.05) is 42.9 Å². The Bertz CT molecular complexity index is 3270. The second-order valence-corrected chi connectivity index (χ2v) is 13.9. The molecule has 5 nitrogen and oxygen atoms in total. The molecule has 4 aromatic heterocycles. The normalized spacial score (nSPS) is 12.0. The summed E-state index contributed by atoms with van der Waals surface area (Å²) in [6, 6.07) is 53.8. The molecule has 11 rings (SSSR count). The van der Waals surface area contributed by atoms with E-state index in [4.69, 9.17) is 9.97 Å². The van der Waals surface area contributed by atoms with E-state index in [2.05, 4.69) is 83.4 Å². The molecule has 238 valence electrons. The molecule has 0 aliphatic heterocycles. The van der Waals surface area contributed by atoms with Crippen molar-refractivity contribution in [3.8, 4) is 22.9 Å². The number of pyridine rings is 1. The summed E-state index contributed by atoms with van der Waals surface area (Å²) in [7, 11) is 0. The molecular weight excluding hydrogens is 645 g/mol. The molecule has 11 aromatic rings. The zero-order valence-electron chi connectivity index (χ0n) is 27.1. The fourth-order valence-electron chi connectivity index (χ4n) is 8.01. The number of hydrogen-bond acceptors (Lipinski definition) is 4. The van der Waals surface area contributed by atoms with Crippen LogP contribution < -0.4 is 5.56 Å². The fourth-order valence-corrected chi connectivity index (χ4v) is 9.27. The van der Waals surface area contributed by atoms with E-state index in [0.29, 0.717) is 22.5 Å². The lowest BCUT2D eigenvalue weighted by atomic mass is 9.99. The minimum atomic E-state index is -0.152. The average Bonchev–Trinajstić information content (AvgIpc) is 3.76. The van der Waals surface area contributed by atoms with Crippen molar-refractivity contribution in [1.29, 1.82) is 0 Å². The highest BCUT2D eigenvalue weighted by Gasteiger charge is 2.25. The van der Waals surface area contributed by atoms with Gasteiger partial charge >= 0.3 is 0 Å². The van der Waals surface area contributed by atoms with Crippen molar-refractivity contribution >= 4 is 85.9 Å². The Balaban J connectivity index is 1.38. The summed E-state index contributed by atoms with van der Waals surface area (Å²) in [5.74, 6) is 0.531. The minimum absolute atomic E-state index is 0.152. The first-order valence-electron chi connectivity index (χ1n) is 17.0. The maximum atomic E-state index is 14.9. The molecule has 0 unspecified atom stereocenters. The molecule has 0 saturated heterocycles. The lowest BCUT2D eigenvalue weighted by Gasteiger charge is -2.16. The Labute approximate surface area is 294 Å². The first-order chi connectivity index (χ1) is 25.3. The van der Waals surface area contributed by atoms with E-state index in [1.54, 1.807) is 4.57 Å². The monoisotopic (exact) mass is 670 g/mol. The number of para-hydroxylation sites is 3. The van der Waals surface area contributed by atoms with Crippen LogP contribution in [-0.4, -0.2) is 19.1 Å². The summed E-state index contributed by atoms with van der Waals surface area (Å²) in [5.41, 5.74) is 5.63. The predicted molar refractivity (Wildman–Crippen MR) is 213 cm³/mol. The van der Waals surface area contributed by atoms with Crippen molar-refractivity contribution in [2.75, 3.05) is 0 Å². The van der Waals surface area contributed by atoms with Crippen LogP contribution in [0.1, 0.15) is 0 Å². The molecule has 51 heavy (non-hydrogen) atoms. The summed E-state index contributed by atoms with van der Waals surface area (Å²) in [6.45, 7) is 0. The van der Waals surface area contributed by atoms with Crippen molar-refractivity contribution < 1.29 is 0 Å². The zero-order valence-corrected chi connectivity index (χ0v) is 27.9. The highest BCUT2D eigenvalue weighted by molar-refractivity contribution is 7.27. The van der Waals surface area contributed by atoms with Crippen LogP contribution in [0, 0.1) is 0 Å². The van der Waals surface area contributed by atoms with E-state index in [0.717, 1.165) is 38.6 Å². The third-order valence-corrected chi connectivity index (χ3v) is 11.3. The van der Waals surface area contributed by atoms with E-state index in [9.17, 15) is 4.79 Å². The topological polar surface area (TPSA) is 52.7 Å². The van der Waals surface area contributed by atoms with Crippen LogP contribution in [0.25, 0.3) is 97.4 Å². The second kappa shape index (κ2) is 10.7. The molecule has 0 N–H and O–H groups in total. The first-order valence-corrected chi connectivity index (χ1v) is 17.8. The van der Waals surface area contributed by atoms with Crippen molar-refractivity contribution in [2.45, 2.75) is 0 Å². The number of benzene rings is 7. The molecule has 0 aliphatic carbocycles. The van der Waals surface area contributed by atoms with Crippen LogP contribution in [0.5, 0.6) is 0 Å². The van der Waals surface area contributed by atoms with E-state index in [-0.39, 0.29) is 5.56 Å². The summed E-state index contributed by atoms with van der Waals surface area (Å²) in [5, 5.41) is 8.59. The van der Waals surface area contributed by atoms with Crippen molar-refractivity contribution in [2.24, 2.45) is 0 Å². The minimum Gasteiger partial charge on any atom is -0.276 e. The largest absolute Gasteiger partial charge is 0.276 e. The molecule has 0 saturated carbocycles. The summed E-state index contributed by atoms with van der Waals surface area (Å²) in [6.07, 6.45) is 0. The smallest absolute Gasteiger partial charge is 0.267 e. The van der Waals surface area contributed by atoms with Gasteiger partial charge in [-0.15, -0.1) is 11.3 Å². The average molecular weight is 671 g/mol. The van der Waals surface area contributed by atoms with Gasteiger partial charge in [-0.25, -0.2) is 9.97 Å². The Morgan fingerprint density at radius 1 is 0.471 bits per heavy atom. The second-order valence-electron chi connectivity index (χ2n) is 12.9. The Kier molecular flexibility index (Phi) is 5.91. The first kappa shape index (κ1) is 28.2. The van der Waals surface area contributed by atoms with Gasteiger partial charge in [0.25, 0.3) is 5.56 Å². The van der Waals surface area contributed by atoms with Crippen molar-refractivity contribution in [1.82, 2.24) is 19.1 Å². The van der Waals surface area contributed by atoms with Crippen LogP contribution in [0.4, 0.5) is 0 Å². The number of thiophene rings is 1. The van der Waals surface area contributed by atoms with Crippen LogP contribution in [0.15, 0.2) is 163 Å². The molecule has 7 aromatic carbocycles. The van der Waals surface area contributed by atoms with Crippen LogP contribution in [-0.2, 0) is 0 Å². The highest BCUT2D eigenvalue weighted by atomic mass is 32.1. The molecule has 0 radical (unpaired) electrons. The van der Waals surface area contributed by atoms with Gasteiger partial charge in [-0.1, -0.05) is 127 Å². The number of rotatable bonds is 3. The van der Waals surface area contributed by atoms with Crippen LogP contribution >= 0.6 is 11.3 Å². The predicted octanol–water partition coefficient (Wildman–Crippen LogP) is 11.2. The summed E-state index contributed by atoms with van der Waals surface area (Å²) < 4.78 is 6.45. The van der Waals surface area contributed by atoms with Gasteiger partial charge in [-0.2, -0.15) is 0 Å². The Morgan fingerprint density at radius 2 is 1.04 bits per heavy atom. The maximum absolute atomic E-state index is 14.9. The molecular formula is C45H26N4OS. The molecule has 0 amide bonds. The summed E-state index contributed by atoms with van der Waals surface area (Å²) >= 11 is 1.81. The Hall–Kier alpha value is -6.63. The zero-order chi connectivity index (χ0) is 33.6. The van der Waals surface area contributed by atoms with Gasteiger partial charge in [0.05, 0.1) is 37.8 Å². The molecule has 4 heterocycles. The quantitative estimate of drug-likeness (QED) is 0.176. The van der Waals surface area contributed by atoms with Gasteiger partial charge in [0.2, 0.25) is 5.95 Å². The molecule has 0 fully saturated rings. The lowest BCUT2D eigenvalue weighted by molar-refractivity contribution is 1.01. The maximum Gasteiger partial charge on any atom is 0.267 e. The van der Waals surface area contributed by atoms with E-state index < -0.39 is 0 Å². The van der Waals surface area contributed by atoms with Crippen LogP contribution in [0.3, 0.4) is 0 Å². The third-order valence-electron chi connectivity index (χ3n) is 10.1. The molecule has 6 heteroatoms. The Morgan fingerprint density at radius 3 is 1.78 bits per heavy atom. The van der Waals surface area contributed by atoms with Gasteiger partial charge in [0.15, 0.2) is 0 Å². The molecule has 0 atom stereocenters. The van der Waals surface area contributed by atoms with Crippen LogP contribution in [0.2, 0.25) is 0 Å². The number of nitrogens with zero attached hydrogens (tertiary/aromatic N) is 4. The number of aromatic nitrogens is 4. The lowest BCUT2D eigenvalue weighted by Crippen LogP contribution is -2.21. The van der Waals surface area contributed by atoms with Gasteiger partial charge in [0.1, 0.15) is 0 Å². The summed E-state index contributed by atoms with van der Waals surface area (Å²) in [4.78, 5) is 25.7. The van der Waals surface area contributed by atoms with Crippen molar-refractivity contribution in [3.63, 3.8) is 0 Å². The standard InChI is InChI=1S/C45H26N4OS/c50-44-39-40(27-15-3-1-4-16-27)46-45(47-41(39)32-22-10-13-25-35(32)48(44)28-17-5-2-6-18-28)49-34-24-12-9-21-31(34)37-29-19-7-8-20-30(29)38-33-23-11-14-26-36(33)51-43(38)42(37)49/h1-26H. The third kappa shape index (κ3) is 3.93. The van der Waals surface area contributed by atoms with Gasteiger partial charge < -0.3 is 0 Å². The van der Waals surface area contributed by atoms with E-state index in [1.807, 2.05) is 90.2 Å². The van der Waals surface area contributed by atoms with E-state index >= 15 is 0 Å². The SMILES string of the molecule is O=c1c2c(-c3ccccc3)nc(-n3c4ccccc4c4c5ccccc5c5c6ccccc6sc5c43)nc2c2ccccc2n1-c1ccccc1. The fraction of sp³-hybridized carbons (Fsp3) is 0. The molecule has 0 spiro atoms. The number of hydrogen-bond donors (Lipinski definition) is 0. The van der Waals surface area contributed by atoms with Gasteiger partial charge in [-0.05, 0) is 41.1 Å². The molecule has 0 bridgehead atoms. The molecule has 0 aliphatic rings. The number of fused-ring (bicyclic) bond motifs is 13. The highest BCUT2D eigenvalue weighted by Crippen LogP contribution is 2.47.